The van der Waals surface area contributed by atoms with Crippen LogP contribution in [0.4, 0.5) is 11.4 Å². The van der Waals surface area contributed by atoms with Gasteiger partial charge in [0.05, 0.1) is 23.7 Å². The number of amides is 1. The van der Waals surface area contributed by atoms with Crippen LogP contribution in [0.5, 0.6) is 5.75 Å². The van der Waals surface area contributed by atoms with Crippen LogP contribution >= 0.6 is 11.3 Å². The molecular formula is C19H18N4O5S. The van der Waals surface area contributed by atoms with Gasteiger partial charge in [0.15, 0.2) is 5.75 Å². The molecule has 3 aromatic rings. The Balaban J connectivity index is 1.60. The van der Waals surface area contributed by atoms with Gasteiger partial charge in [-0.25, -0.2) is 4.98 Å². The molecule has 1 N–H and O–H groups in total. The Morgan fingerprint density at radius 1 is 1.41 bits per heavy atom. The maximum atomic E-state index is 12.9. The number of benzene rings is 1. The van der Waals surface area contributed by atoms with Gasteiger partial charge < -0.3 is 10.1 Å². The van der Waals surface area contributed by atoms with E-state index in [-0.39, 0.29) is 23.5 Å². The maximum absolute atomic E-state index is 12.9. The van der Waals surface area contributed by atoms with E-state index < -0.39 is 10.8 Å². The minimum atomic E-state index is -0.544. The van der Waals surface area contributed by atoms with Gasteiger partial charge in [-0.2, -0.15) is 0 Å². The third kappa shape index (κ3) is 3.35. The molecule has 4 rings (SSSR count). The summed E-state index contributed by atoms with van der Waals surface area (Å²) in [5.74, 6) is -0.385. The highest BCUT2D eigenvalue weighted by Gasteiger charge is 2.22. The van der Waals surface area contributed by atoms with E-state index >= 15 is 0 Å². The van der Waals surface area contributed by atoms with Crippen molar-refractivity contribution in [3.05, 3.63) is 54.9 Å². The summed E-state index contributed by atoms with van der Waals surface area (Å²) in [4.78, 5) is 42.3. The molecule has 1 aliphatic rings. The molecule has 0 spiro atoms. The molecule has 10 heteroatoms. The number of carbonyl (C=O) groups excluding carboxylic acids is 1. The Morgan fingerprint density at radius 3 is 2.93 bits per heavy atom. The molecule has 29 heavy (non-hydrogen) atoms. The average molecular weight is 414 g/mol. The predicted molar refractivity (Wildman–Crippen MR) is 109 cm³/mol. The molecule has 0 bridgehead atoms. The molecule has 1 aromatic carbocycles. The number of nitrogens with one attached hydrogen (secondary N) is 1. The second-order valence-corrected chi connectivity index (χ2v) is 7.94. The molecule has 2 aromatic heterocycles. The third-order valence-electron chi connectivity index (χ3n) is 5.00. The van der Waals surface area contributed by atoms with Crippen molar-refractivity contribution < 1.29 is 14.5 Å². The summed E-state index contributed by atoms with van der Waals surface area (Å²) in [7, 11) is 1.32. The SMILES string of the molecule is COc1cc(NC(=O)Cn2cnc3sc4c(c3c2=O)CCC4)c(C)cc1[N+](=O)[O-]. The summed E-state index contributed by atoms with van der Waals surface area (Å²) >= 11 is 1.55. The summed E-state index contributed by atoms with van der Waals surface area (Å²) in [6, 6.07) is 2.74. The molecule has 0 aliphatic heterocycles. The van der Waals surface area contributed by atoms with E-state index in [9.17, 15) is 19.7 Å². The lowest BCUT2D eigenvalue weighted by Crippen LogP contribution is -2.28. The summed E-state index contributed by atoms with van der Waals surface area (Å²) < 4.78 is 6.34. The normalized spacial score (nSPS) is 12.8. The molecule has 1 amide bonds. The number of thiophene rings is 1. The molecule has 0 radical (unpaired) electrons. The number of aromatic nitrogens is 2. The van der Waals surface area contributed by atoms with Crippen LogP contribution in [-0.4, -0.2) is 27.5 Å². The zero-order valence-electron chi connectivity index (χ0n) is 15.9. The van der Waals surface area contributed by atoms with Crippen LogP contribution in [0.15, 0.2) is 23.3 Å². The number of ether oxygens (including phenoxy) is 1. The largest absolute Gasteiger partial charge is 0.490 e. The Morgan fingerprint density at radius 2 is 2.21 bits per heavy atom. The van der Waals surface area contributed by atoms with Crippen molar-refractivity contribution in [2.45, 2.75) is 32.7 Å². The number of anilines is 1. The molecule has 0 fully saturated rings. The first kappa shape index (κ1) is 19.1. The minimum absolute atomic E-state index is 0.0463. The first-order valence-electron chi connectivity index (χ1n) is 9.01. The smallest absolute Gasteiger partial charge is 0.311 e. The first-order chi connectivity index (χ1) is 13.9. The summed E-state index contributed by atoms with van der Waals surface area (Å²) in [5.41, 5.74) is 1.56. The van der Waals surface area contributed by atoms with Gasteiger partial charge in [-0.05, 0) is 37.3 Å². The quantitative estimate of drug-likeness (QED) is 0.507. The van der Waals surface area contributed by atoms with Crippen LogP contribution in [-0.2, 0) is 24.2 Å². The number of carbonyl (C=O) groups is 1. The molecule has 0 saturated carbocycles. The monoisotopic (exact) mass is 414 g/mol. The van der Waals surface area contributed by atoms with Crippen LogP contribution in [0.25, 0.3) is 10.2 Å². The molecule has 150 valence electrons. The van der Waals surface area contributed by atoms with Crippen molar-refractivity contribution in [2.24, 2.45) is 0 Å². The van der Waals surface area contributed by atoms with Crippen LogP contribution in [0.2, 0.25) is 0 Å². The Labute approximate surface area is 169 Å². The van der Waals surface area contributed by atoms with E-state index in [1.54, 1.807) is 18.3 Å². The first-order valence-corrected chi connectivity index (χ1v) is 9.83. The average Bonchev–Trinajstić information content (AvgIpc) is 3.26. The van der Waals surface area contributed by atoms with Gasteiger partial charge in [0, 0.05) is 22.7 Å². The molecule has 1 aliphatic carbocycles. The molecule has 0 saturated heterocycles. The highest BCUT2D eigenvalue weighted by atomic mass is 32.1. The lowest BCUT2D eigenvalue weighted by Gasteiger charge is -2.11. The predicted octanol–water partition coefficient (Wildman–Crippen LogP) is 2.81. The summed E-state index contributed by atoms with van der Waals surface area (Å²) in [6.07, 6.45) is 4.26. The highest BCUT2D eigenvalue weighted by molar-refractivity contribution is 7.18. The third-order valence-corrected chi connectivity index (χ3v) is 6.20. The van der Waals surface area contributed by atoms with Gasteiger partial charge >= 0.3 is 5.69 Å². The van der Waals surface area contributed by atoms with Crippen molar-refractivity contribution in [3.63, 3.8) is 0 Å². The number of rotatable bonds is 5. The summed E-state index contributed by atoms with van der Waals surface area (Å²) in [5, 5.41) is 14.4. The Bertz CT molecular complexity index is 1210. The fourth-order valence-electron chi connectivity index (χ4n) is 3.59. The lowest BCUT2D eigenvalue weighted by molar-refractivity contribution is -0.385. The van der Waals surface area contributed by atoms with Crippen LogP contribution in [0.1, 0.15) is 22.4 Å². The van der Waals surface area contributed by atoms with Gasteiger partial charge in [-0.1, -0.05) is 0 Å². The van der Waals surface area contributed by atoms with Gasteiger partial charge in [0.1, 0.15) is 11.4 Å². The fourth-order valence-corrected chi connectivity index (χ4v) is 4.81. The topological polar surface area (TPSA) is 116 Å². The number of nitro groups is 1. The van der Waals surface area contributed by atoms with E-state index in [0.717, 1.165) is 24.8 Å². The summed E-state index contributed by atoms with van der Waals surface area (Å²) in [6.45, 7) is 1.45. The van der Waals surface area contributed by atoms with Crippen LogP contribution in [0.3, 0.4) is 0 Å². The van der Waals surface area contributed by atoms with Crippen molar-refractivity contribution in [1.82, 2.24) is 9.55 Å². The fraction of sp³-hybridized carbons (Fsp3) is 0.316. The van der Waals surface area contributed by atoms with Crippen molar-refractivity contribution in [1.29, 1.82) is 0 Å². The Kier molecular flexibility index (Phi) is 4.79. The molecule has 0 unspecified atom stereocenters. The number of nitrogens with zero attached hydrogens (tertiary/aromatic N) is 3. The molecule has 2 heterocycles. The number of hydrogen-bond donors (Lipinski definition) is 1. The van der Waals surface area contributed by atoms with Crippen LogP contribution < -0.4 is 15.6 Å². The van der Waals surface area contributed by atoms with Gasteiger partial charge in [-0.3, -0.25) is 24.3 Å². The van der Waals surface area contributed by atoms with Gasteiger partial charge in [0.2, 0.25) is 5.91 Å². The van der Waals surface area contributed by atoms with E-state index in [1.807, 2.05) is 0 Å². The number of aryl methyl sites for hydroxylation is 3. The molecule has 9 nitrogen and oxygen atoms in total. The highest BCUT2D eigenvalue weighted by Crippen LogP contribution is 2.34. The number of hydrogen-bond acceptors (Lipinski definition) is 7. The van der Waals surface area contributed by atoms with Gasteiger partial charge in [-0.15, -0.1) is 11.3 Å². The maximum Gasteiger partial charge on any atom is 0.311 e. The molecule has 0 atom stereocenters. The van der Waals surface area contributed by atoms with E-state index in [1.165, 1.54) is 35.0 Å². The second-order valence-electron chi connectivity index (χ2n) is 6.86. The number of fused-ring (bicyclic) bond motifs is 3. The zero-order chi connectivity index (χ0) is 20.7. The lowest BCUT2D eigenvalue weighted by atomic mass is 10.1. The van der Waals surface area contributed by atoms with Crippen LogP contribution in [0, 0.1) is 17.0 Å². The van der Waals surface area contributed by atoms with E-state index in [4.69, 9.17) is 4.74 Å². The van der Waals surface area contributed by atoms with Crippen molar-refractivity contribution in [3.8, 4) is 5.75 Å². The number of nitro benzene ring substituents is 1. The number of methoxy groups -OCH3 is 1. The molecular weight excluding hydrogens is 396 g/mol. The van der Waals surface area contributed by atoms with Crippen molar-refractivity contribution >= 4 is 38.8 Å². The zero-order valence-corrected chi connectivity index (χ0v) is 16.7. The second kappa shape index (κ2) is 7.28. The van der Waals surface area contributed by atoms with E-state index in [2.05, 4.69) is 10.3 Å². The standard InChI is InChI=1S/C19H18N4O5S/c1-10-6-13(23(26)27)14(28-2)7-12(10)21-16(24)8-22-9-20-18-17(19(22)25)11-4-3-5-15(11)29-18/h6-7,9H,3-5,8H2,1-2H3,(H,21,24). The van der Waals surface area contributed by atoms with Crippen molar-refractivity contribution in [2.75, 3.05) is 12.4 Å². The van der Waals surface area contributed by atoms with Gasteiger partial charge in [0.25, 0.3) is 5.56 Å². The minimum Gasteiger partial charge on any atom is -0.490 e. The Hall–Kier alpha value is -3.27. The van der Waals surface area contributed by atoms with E-state index in [0.29, 0.717) is 21.5 Å².